The lowest BCUT2D eigenvalue weighted by molar-refractivity contribution is -0.249. The van der Waals surface area contributed by atoms with Gasteiger partial charge in [0.25, 0.3) is 0 Å². The van der Waals surface area contributed by atoms with Crippen molar-refractivity contribution >= 4 is 45.6 Å². The highest BCUT2D eigenvalue weighted by atomic mass is 17.2. The van der Waals surface area contributed by atoms with Gasteiger partial charge in [0.2, 0.25) is 5.91 Å². The normalized spacial score (nSPS) is 11.1. The molecule has 0 fully saturated rings. The van der Waals surface area contributed by atoms with E-state index < -0.39 is 6.04 Å². The summed E-state index contributed by atoms with van der Waals surface area (Å²) in [5.74, 6) is 1.37. The number of hydrazine groups is 1. The highest BCUT2D eigenvalue weighted by Crippen LogP contribution is 2.31. The lowest BCUT2D eigenvalue weighted by Crippen LogP contribution is -2.33. The first kappa shape index (κ1) is 28.9. The average Bonchev–Trinajstić information content (AvgIpc) is 2.96. The molecule has 1 unspecified atom stereocenters. The van der Waals surface area contributed by atoms with Gasteiger partial charge >= 0.3 is 0 Å². The summed E-state index contributed by atoms with van der Waals surface area (Å²) in [6.07, 6.45) is 0. The van der Waals surface area contributed by atoms with E-state index in [0.29, 0.717) is 45.4 Å². The fraction of sp³-hybridized carbons (Fsp3) is 0.222. The summed E-state index contributed by atoms with van der Waals surface area (Å²) < 4.78 is 10.7. The minimum Gasteiger partial charge on any atom is -0.497 e. The predicted octanol–water partition coefficient (Wildman–Crippen LogP) is 4.94. The summed E-state index contributed by atoms with van der Waals surface area (Å²) in [4.78, 5) is 25.9. The Kier molecular flexibility index (Phi) is 10.2. The van der Waals surface area contributed by atoms with Crippen molar-refractivity contribution in [2.75, 3.05) is 35.5 Å². The van der Waals surface area contributed by atoms with Crippen molar-refractivity contribution in [2.24, 2.45) is 5.73 Å². The SMILES string of the molecule is CC.COc1cc(Nc2nc3ccccc3nc2NN(OO)c2cccc(NC(=O)C(C)N)c2)cc(OC)c1. The first-order valence-corrected chi connectivity index (χ1v) is 12.2. The molecule has 12 heteroatoms. The minimum atomic E-state index is -0.691. The van der Waals surface area contributed by atoms with Crippen LogP contribution in [0.5, 0.6) is 11.5 Å². The number of nitrogens with two attached hydrogens (primary N) is 1. The number of rotatable bonds is 10. The number of carbonyl (C=O) groups is 1. The number of carbonyl (C=O) groups excluding carboxylic acids is 1. The van der Waals surface area contributed by atoms with Gasteiger partial charge in [-0.15, -0.1) is 5.17 Å². The third-order valence-electron chi connectivity index (χ3n) is 5.24. The van der Waals surface area contributed by atoms with Crippen molar-refractivity contribution in [2.45, 2.75) is 26.8 Å². The number of para-hydroxylation sites is 2. The van der Waals surface area contributed by atoms with E-state index in [1.807, 2.05) is 32.0 Å². The molecule has 0 saturated carbocycles. The van der Waals surface area contributed by atoms with Gasteiger partial charge in [0.05, 0.1) is 37.0 Å². The zero-order valence-electron chi connectivity index (χ0n) is 22.4. The van der Waals surface area contributed by atoms with Crippen LogP contribution in [0.25, 0.3) is 11.0 Å². The van der Waals surface area contributed by atoms with Crippen LogP contribution >= 0.6 is 0 Å². The molecule has 3 aromatic carbocycles. The van der Waals surface area contributed by atoms with Gasteiger partial charge in [0.15, 0.2) is 11.6 Å². The summed E-state index contributed by atoms with van der Waals surface area (Å²) >= 11 is 0. The molecule has 6 N–H and O–H groups in total. The number of nitrogens with zero attached hydrogens (tertiary/aromatic N) is 3. The number of amides is 1. The molecule has 0 aliphatic heterocycles. The summed E-state index contributed by atoms with van der Waals surface area (Å²) in [6, 6.07) is 18.5. The van der Waals surface area contributed by atoms with E-state index in [0.717, 1.165) is 5.17 Å². The van der Waals surface area contributed by atoms with Gasteiger partial charge in [-0.2, -0.15) is 0 Å². The van der Waals surface area contributed by atoms with E-state index >= 15 is 0 Å². The standard InChI is InChI=1S/C25H27N7O5.C2H6/c1-15(26)25(33)28-16-7-6-8-18(11-16)32(37-34)31-24-23(29-21-9-4-5-10-22(21)30-24)27-17-12-19(35-2)14-20(13-17)36-3;1-2/h4-15,34H,26H2,1-3H3,(H,27,29)(H,28,33)(H,30,31);1-2H3. The Morgan fingerprint density at radius 1 is 0.897 bits per heavy atom. The highest BCUT2D eigenvalue weighted by Gasteiger charge is 2.17. The second kappa shape index (κ2) is 13.8. The van der Waals surface area contributed by atoms with Crippen LogP contribution in [0.1, 0.15) is 20.8 Å². The van der Waals surface area contributed by atoms with Crippen molar-refractivity contribution in [1.29, 1.82) is 0 Å². The molecule has 0 radical (unpaired) electrons. The Hall–Kier alpha value is -4.65. The van der Waals surface area contributed by atoms with Gasteiger partial charge < -0.3 is 25.8 Å². The summed E-state index contributed by atoms with van der Waals surface area (Å²) in [5.41, 5.74) is 11.2. The maximum atomic E-state index is 12.0. The number of aromatic nitrogens is 2. The zero-order valence-corrected chi connectivity index (χ0v) is 22.4. The van der Waals surface area contributed by atoms with E-state index in [9.17, 15) is 10.1 Å². The second-order valence-electron chi connectivity index (χ2n) is 7.95. The molecule has 1 heterocycles. The number of fused-ring (bicyclic) bond motifs is 1. The molecule has 0 saturated heterocycles. The van der Waals surface area contributed by atoms with Gasteiger partial charge in [-0.1, -0.05) is 37.0 Å². The molecule has 1 atom stereocenters. The van der Waals surface area contributed by atoms with Crippen molar-refractivity contribution < 1.29 is 24.5 Å². The molecule has 0 spiro atoms. The monoisotopic (exact) mass is 535 g/mol. The first-order chi connectivity index (χ1) is 18.9. The van der Waals surface area contributed by atoms with Crippen LogP contribution in [-0.4, -0.2) is 41.4 Å². The maximum Gasteiger partial charge on any atom is 0.240 e. The van der Waals surface area contributed by atoms with E-state index in [2.05, 4.69) is 31.0 Å². The Morgan fingerprint density at radius 3 is 2.08 bits per heavy atom. The largest absolute Gasteiger partial charge is 0.497 e. The molecule has 39 heavy (non-hydrogen) atoms. The van der Waals surface area contributed by atoms with E-state index in [1.165, 1.54) is 0 Å². The topological polar surface area (TPSA) is 156 Å². The molecule has 1 amide bonds. The molecule has 206 valence electrons. The van der Waals surface area contributed by atoms with E-state index in [4.69, 9.17) is 15.2 Å². The molecular weight excluding hydrogens is 502 g/mol. The quantitative estimate of drug-likeness (QED) is 0.138. The maximum absolute atomic E-state index is 12.0. The Labute approximate surface area is 226 Å². The van der Waals surface area contributed by atoms with Crippen LogP contribution < -0.4 is 36.4 Å². The van der Waals surface area contributed by atoms with Crippen LogP contribution in [-0.2, 0) is 9.78 Å². The number of hydrogen-bond donors (Lipinski definition) is 5. The van der Waals surface area contributed by atoms with E-state index in [1.54, 1.807) is 69.7 Å². The van der Waals surface area contributed by atoms with Gasteiger partial charge in [0, 0.05) is 29.6 Å². The molecule has 0 bridgehead atoms. The molecule has 12 nitrogen and oxygen atoms in total. The number of ether oxygens (including phenoxy) is 2. The number of methoxy groups -OCH3 is 2. The van der Waals surface area contributed by atoms with Crippen LogP contribution in [0.2, 0.25) is 0 Å². The van der Waals surface area contributed by atoms with Gasteiger partial charge in [-0.25, -0.2) is 15.2 Å². The fourth-order valence-electron chi connectivity index (χ4n) is 3.38. The smallest absolute Gasteiger partial charge is 0.240 e. The van der Waals surface area contributed by atoms with Crippen molar-refractivity contribution in [1.82, 2.24) is 9.97 Å². The molecular formula is C27H33N7O5. The molecule has 0 aliphatic rings. The van der Waals surface area contributed by atoms with Crippen LogP contribution in [0.15, 0.2) is 66.7 Å². The summed E-state index contributed by atoms with van der Waals surface area (Å²) in [5, 5.41) is 16.6. The molecule has 1 aromatic heterocycles. The lowest BCUT2D eigenvalue weighted by atomic mass is 10.2. The number of hydrogen-bond acceptors (Lipinski definition) is 11. The third kappa shape index (κ3) is 7.45. The minimum absolute atomic E-state index is 0.236. The Balaban J connectivity index is 0.00000205. The van der Waals surface area contributed by atoms with Gasteiger partial charge in [-0.3, -0.25) is 10.2 Å². The number of anilines is 5. The number of nitrogens with one attached hydrogen (secondary N) is 3. The fourth-order valence-corrected chi connectivity index (χ4v) is 3.38. The van der Waals surface area contributed by atoms with Crippen molar-refractivity contribution in [3.63, 3.8) is 0 Å². The Bertz CT molecular complexity index is 1380. The van der Waals surface area contributed by atoms with Crippen LogP contribution in [0.4, 0.5) is 28.7 Å². The van der Waals surface area contributed by atoms with Crippen LogP contribution in [0, 0.1) is 0 Å². The van der Waals surface area contributed by atoms with Crippen molar-refractivity contribution in [3.05, 3.63) is 66.7 Å². The van der Waals surface area contributed by atoms with Crippen molar-refractivity contribution in [3.8, 4) is 11.5 Å². The number of benzene rings is 3. The van der Waals surface area contributed by atoms with E-state index in [-0.39, 0.29) is 11.7 Å². The highest BCUT2D eigenvalue weighted by molar-refractivity contribution is 5.94. The molecule has 4 rings (SSSR count). The van der Waals surface area contributed by atoms with Gasteiger partial charge in [0.1, 0.15) is 11.5 Å². The second-order valence-corrected chi connectivity index (χ2v) is 7.95. The average molecular weight is 536 g/mol. The lowest BCUT2D eigenvalue weighted by Gasteiger charge is -2.23. The first-order valence-electron chi connectivity index (χ1n) is 12.2. The summed E-state index contributed by atoms with van der Waals surface area (Å²) in [7, 11) is 3.12. The Morgan fingerprint density at radius 2 is 1.51 bits per heavy atom. The van der Waals surface area contributed by atoms with Gasteiger partial charge in [-0.05, 0) is 37.3 Å². The third-order valence-corrected chi connectivity index (χ3v) is 5.24. The predicted molar refractivity (Wildman–Crippen MR) is 152 cm³/mol. The summed E-state index contributed by atoms with van der Waals surface area (Å²) in [6.45, 7) is 5.58. The molecule has 0 aliphatic carbocycles. The van der Waals surface area contributed by atoms with Crippen LogP contribution in [0.3, 0.4) is 0 Å². The zero-order chi connectivity index (χ0) is 28.4. The molecule has 4 aromatic rings.